The van der Waals surface area contributed by atoms with Crippen molar-refractivity contribution in [3.05, 3.63) is 48.3 Å². The van der Waals surface area contributed by atoms with E-state index in [1.807, 2.05) is 41.8 Å². The standard InChI is InChI=1S/C25H34N4O2S/c1-6-12-29-21(15-31-19-9-7-8-17(2)13-19)27-28-23(29)32-16-22(30)26-20-14-18-10-11-25(20,5)24(18,3)4/h6-9,13,18,20H,1,10-12,14-16H2,2-5H3,(H,26,30). The van der Waals surface area contributed by atoms with Crippen LogP contribution in [0, 0.1) is 23.7 Å². The van der Waals surface area contributed by atoms with Gasteiger partial charge in [-0.05, 0) is 60.6 Å². The minimum atomic E-state index is 0.0651. The molecule has 0 aliphatic heterocycles. The molecule has 4 rings (SSSR count). The summed E-state index contributed by atoms with van der Waals surface area (Å²) in [7, 11) is 0. The van der Waals surface area contributed by atoms with Crippen molar-refractivity contribution in [2.24, 2.45) is 16.7 Å². The zero-order valence-corrected chi connectivity index (χ0v) is 20.4. The fourth-order valence-corrected chi connectivity index (χ4v) is 6.26. The summed E-state index contributed by atoms with van der Waals surface area (Å²) < 4.78 is 7.86. The number of aryl methyl sites for hydroxylation is 1. The van der Waals surface area contributed by atoms with E-state index in [-0.39, 0.29) is 22.8 Å². The highest BCUT2D eigenvalue weighted by molar-refractivity contribution is 7.99. The molecule has 172 valence electrons. The number of aromatic nitrogens is 3. The Labute approximate surface area is 195 Å². The molecule has 1 amide bonds. The third-order valence-electron chi connectivity index (χ3n) is 7.92. The Hall–Kier alpha value is -2.28. The minimum Gasteiger partial charge on any atom is -0.486 e. The van der Waals surface area contributed by atoms with Crippen LogP contribution < -0.4 is 10.1 Å². The van der Waals surface area contributed by atoms with Gasteiger partial charge in [0.15, 0.2) is 11.0 Å². The Kier molecular flexibility index (Phi) is 6.39. The summed E-state index contributed by atoms with van der Waals surface area (Å²) in [6.07, 6.45) is 5.37. The monoisotopic (exact) mass is 454 g/mol. The molecule has 0 spiro atoms. The number of ether oxygens (including phenoxy) is 1. The van der Waals surface area contributed by atoms with E-state index in [0.29, 0.717) is 30.0 Å². The first-order valence-electron chi connectivity index (χ1n) is 11.4. The average Bonchev–Trinajstić information content (AvgIpc) is 3.29. The fourth-order valence-electron chi connectivity index (χ4n) is 5.49. The van der Waals surface area contributed by atoms with Crippen molar-refractivity contribution >= 4 is 17.7 Å². The first-order valence-corrected chi connectivity index (χ1v) is 12.4. The molecule has 2 bridgehead atoms. The Morgan fingerprint density at radius 2 is 2.19 bits per heavy atom. The molecule has 2 aliphatic rings. The number of carbonyl (C=O) groups excluding carboxylic acids is 1. The zero-order chi connectivity index (χ0) is 22.9. The lowest BCUT2D eigenvalue weighted by molar-refractivity contribution is -0.120. The molecule has 1 aromatic carbocycles. The molecule has 3 unspecified atom stereocenters. The van der Waals surface area contributed by atoms with Crippen LogP contribution in [-0.4, -0.2) is 32.5 Å². The lowest BCUT2D eigenvalue weighted by Crippen LogP contribution is -2.47. The highest BCUT2D eigenvalue weighted by Gasteiger charge is 2.61. The van der Waals surface area contributed by atoms with E-state index in [9.17, 15) is 4.79 Å². The van der Waals surface area contributed by atoms with E-state index >= 15 is 0 Å². The maximum absolute atomic E-state index is 12.8. The van der Waals surface area contributed by atoms with Crippen molar-refractivity contribution in [3.63, 3.8) is 0 Å². The molecule has 2 saturated carbocycles. The van der Waals surface area contributed by atoms with Crippen molar-refractivity contribution in [1.29, 1.82) is 0 Å². The first kappa shape index (κ1) is 22.9. The second-order valence-electron chi connectivity index (χ2n) is 9.92. The SMILES string of the molecule is C=CCn1c(COc2cccc(C)c2)nnc1SCC(=O)NC1CC2CCC1(C)C2(C)C. The van der Waals surface area contributed by atoms with E-state index < -0.39 is 0 Å². The van der Waals surface area contributed by atoms with Crippen LogP contribution in [0.2, 0.25) is 0 Å². The maximum Gasteiger partial charge on any atom is 0.230 e. The van der Waals surface area contributed by atoms with Gasteiger partial charge < -0.3 is 10.1 Å². The number of allylic oxidation sites excluding steroid dienone is 1. The van der Waals surface area contributed by atoms with Gasteiger partial charge in [0.05, 0.1) is 5.75 Å². The highest BCUT2D eigenvalue weighted by atomic mass is 32.2. The highest BCUT2D eigenvalue weighted by Crippen LogP contribution is 2.65. The van der Waals surface area contributed by atoms with E-state index in [1.54, 1.807) is 0 Å². The van der Waals surface area contributed by atoms with Crippen LogP contribution in [0.4, 0.5) is 0 Å². The van der Waals surface area contributed by atoms with E-state index in [2.05, 4.69) is 42.9 Å². The number of rotatable bonds is 9. The molecule has 6 nitrogen and oxygen atoms in total. The summed E-state index contributed by atoms with van der Waals surface area (Å²) in [6.45, 7) is 13.8. The van der Waals surface area contributed by atoms with Gasteiger partial charge in [0, 0.05) is 12.6 Å². The van der Waals surface area contributed by atoms with E-state index in [4.69, 9.17) is 4.74 Å². The van der Waals surface area contributed by atoms with E-state index in [1.165, 1.54) is 24.6 Å². The number of thioether (sulfide) groups is 1. The number of carbonyl (C=O) groups is 1. The normalized spacial score (nSPS) is 25.6. The van der Waals surface area contributed by atoms with Crippen molar-refractivity contribution in [2.45, 2.75) is 71.3 Å². The smallest absolute Gasteiger partial charge is 0.230 e. The Balaban J connectivity index is 1.36. The van der Waals surface area contributed by atoms with Crippen LogP contribution in [0.5, 0.6) is 5.75 Å². The van der Waals surface area contributed by atoms with Crippen molar-refractivity contribution in [1.82, 2.24) is 20.1 Å². The topological polar surface area (TPSA) is 69.0 Å². The van der Waals surface area contributed by atoms with Crippen LogP contribution in [0.3, 0.4) is 0 Å². The van der Waals surface area contributed by atoms with Crippen LogP contribution in [0.25, 0.3) is 0 Å². The van der Waals surface area contributed by atoms with Crippen molar-refractivity contribution < 1.29 is 9.53 Å². The summed E-state index contributed by atoms with van der Waals surface area (Å²) in [5.74, 6) is 2.61. The molecular formula is C25H34N4O2S. The Morgan fingerprint density at radius 1 is 1.38 bits per heavy atom. The van der Waals surface area contributed by atoms with E-state index in [0.717, 1.165) is 23.6 Å². The van der Waals surface area contributed by atoms with Crippen molar-refractivity contribution in [2.75, 3.05) is 5.75 Å². The third kappa shape index (κ3) is 4.19. The second kappa shape index (κ2) is 8.93. The number of nitrogens with zero attached hydrogens (tertiary/aromatic N) is 3. The number of amides is 1. The van der Waals surface area contributed by atoms with Gasteiger partial charge in [-0.15, -0.1) is 16.8 Å². The molecule has 0 radical (unpaired) electrons. The number of fused-ring (bicyclic) bond motifs is 2. The first-order chi connectivity index (χ1) is 15.2. The quantitative estimate of drug-likeness (QED) is 0.436. The lowest BCUT2D eigenvalue weighted by atomic mass is 9.69. The molecule has 2 aliphatic carbocycles. The van der Waals surface area contributed by atoms with Gasteiger partial charge in [-0.25, -0.2) is 0 Å². The fraction of sp³-hybridized carbons (Fsp3) is 0.560. The molecule has 2 fully saturated rings. The van der Waals surface area contributed by atoms with Crippen LogP contribution in [-0.2, 0) is 17.9 Å². The Morgan fingerprint density at radius 3 is 2.84 bits per heavy atom. The summed E-state index contributed by atoms with van der Waals surface area (Å²) in [5, 5.41) is 12.6. The van der Waals surface area contributed by atoms with Gasteiger partial charge >= 0.3 is 0 Å². The van der Waals surface area contributed by atoms with Gasteiger partial charge in [0.1, 0.15) is 12.4 Å². The second-order valence-corrected chi connectivity index (χ2v) is 10.9. The molecule has 3 atom stereocenters. The molecule has 7 heteroatoms. The summed E-state index contributed by atoms with van der Waals surface area (Å²) in [4.78, 5) is 12.8. The van der Waals surface area contributed by atoms with Crippen LogP contribution in [0.15, 0.2) is 42.1 Å². The zero-order valence-electron chi connectivity index (χ0n) is 19.6. The Bertz CT molecular complexity index is 1000. The third-order valence-corrected chi connectivity index (χ3v) is 8.89. The molecule has 32 heavy (non-hydrogen) atoms. The molecule has 1 heterocycles. The predicted octanol–water partition coefficient (Wildman–Crippen LogP) is 4.77. The van der Waals surface area contributed by atoms with Crippen LogP contribution in [0.1, 0.15) is 51.4 Å². The molecule has 1 N–H and O–H groups in total. The lowest BCUT2D eigenvalue weighted by Gasteiger charge is -2.39. The molecule has 1 aromatic heterocycles. The van der Waals surface area contributed by atoms with Gasteiger partial charge in [-0.3, -0.25) is 9.36 Å². The van der Waals surface area contributed by atoms with Gasteiger partial charge in [0.2, 0.25) is 5.91 Å². The maximum atomic E-state index is 12.8. The molecular weight excluding hydrogens is 420 g/mol. The van der Waals surface area contributed by atoms with Gasteiger partial charge in [-0.2, -0.15) is 0 Å². The number of hydrogen-bond acceptors (Lipinski definition) is 5. The largest absolute Gasteiger partial charge is 0.486 e. The van der Waals surface area contributed by atoms with Crippen molar-refractivity contribution in [3.8, 4) is 5.75 Å². The molecule has 2 aromatic rings. The average molecular weight is 455 g/mol. The summed E-state index contributed by atoms with van der Waals surface area (Å²) in [5.41, 5.74) is 1.61. The number of nitrogens with one attached hydrogen (secondary N) is 1. The molecule has 0 saturated heterocycles. The minimum absolute atomic E-state index is 0.0651. The van der Waals surface area contributed by atoms with Gasteiger partial charge in [0.25, 0.3) is 0 Å². The predicted molar refractivity (Wildman–Crippen MR) is 128 cm³/mol. The summed E-state index contributed by atoms with van der Waals surface area (Å²) >= 11 is 1.42. The van der Waals surface area contributed by atoms with Crippen LogP contribution >= 0.6 is 11.8 Å². The number of hydrogen-bond donors (Lipinski definition) is 1. The van der Waals surface area contributed by atoms with Gasteiger partial charge in [-0.1, -0.05) is 50.7 Å². The summed E-state index contributed by atoms with van der Waals surface area (Å²) in [6, 6.07) is 8.18. The number of benzene rings is 1.